The lowest BCUT2D eigenvalue weighted by molar-refractivity contribution is 0.0712. The van der Waals surface area contributed by atoms with E-state index in [1.54, 1.807) is 6.20 Å². The van der Waals surface area contributed by atoms with Crippen LogP contribution in [-0.2, 0) is 7.05 Å². The van der Waals surface area contributed by atoms with Gasteiger partial charge in [0.05, 0.1) is 5.69 Å². The maximum absolute atomic E-state index is 12.9. The number of benzene rings is 1. The second-order valence-electron chi connectivity index (χ2n) is 7.39. The summed E-state index contributed by atoms with van der Waals surface area (Å²) >= 11 is 0. The molecule has 0 spiro atoms. The highest BCUT2D eigenvalue weighted by Gasteiger charge is 2.27. The molecule has 3 heterocycles. The number of aryl methyl sites for hydroxylation is 1. The van der Waals surface area contributed by atoms with Crippen molar-refractivity contribution in [1.82, 2.24) is 19.7 Å². The molecule has 6 nitrogen and oxygen atoms in total. The fourth-order valence-electron chi connectivity index (χ4n) is 3.87. The summed E-state index contributed by atoms with van der Waals surface area (Å²) in [5, 5.41) is 5.85. The molecule has 6 heteroatoms. The van der Waals surface area contributed by atoms with Crippen LogP contribution in [0, 0.1) is 0 Å². The third-order valence-electron chi connectivity index (χ3n) is 5.41. The zero-order chi connectivity index (χ0) is 19.0. The molecule has 0 atom stereocenters. The van der Waals surface area contributed by atoms with Crippen LogP contribution in [0.3, 0.4) is 0 Å². The molecular weight excluding hydrogens is 338 g/mol. The number of anilines is 1. The maximum atomic E-state index is 12.9. The minimum absolute atomic E-state index is 0.115. The quantitative estimate of drug-likeness (QED) is 0.718. The molecule has 1 aromatic carbocycles. The number of carbonyl (C=O) groups is 1. The summed E-state index contributed by atoms with van der Waals surface area (Å²) in [7, 11) is 5.91. The smallest absolute Gasteiger partial charge is 0.253 e. The van der Waals surface area contributed by atoms with Crippen LogP contribution in [0.2, 0.25) is 0 Å². The first-order chi connectivity index (χ1) is 13.0. The molecule has 1 aliphatic heterocycles. The van der Waals surface area contributed by atoms with Crippen molar-refractivity contribution in [2.24, 2.45) is 7.05 Å². The van der Waals surface area contributed by atoms with Gasteiger partial charge in [0, 0.05) is 63.0 Å². The van der Waals surface area contributed by atoms with Crippen LogP contribution < -0.4 is 4.90 Å². The van der Waals surface area contributed by atoms with Gasteiger partial charge in [-0.1, -0.05) is 6.07 Å². The topological polar surface area (TPSA) is 54.3 Å². The Balaban J connectivity index is 1.49. The van der Waals surface area contributed by atoms with E-state index < -0.39 is 0 Å². The van der Waals surface area contributed by atoms with Gasteiger partial charge in [0.25, 0.3) is 5.91 Å². The minimum Gasteiger partial charge on any atom is -0.378 e. The number of nitrogens with zero attached hydrogens (tertiary/aromatic N) is 5. The van der Waals surface area contributed by atoms with Gasteiger partial charge in [-0.25, -0.2) is 4.98 Å². The van der Waals surface area contributed by atoms with Gasteiger partial charge < -0.3 is 9.80 Å². The molecule has 3 aromatic rings. The molecule has 0 N–H and O–H groups in total. The van der Waals surface area contributed by atoms with Crippen LogP contribution in [0.5, 0.6) is 0 Å². The number of rotatable bonds is 3. The Morgan fingerprint density at radius 3 is 2.67 bits per heavy atom. The molecule has 2 aromatic heterocycles. The van der Waals surface area contributed by atoms with E-state index in [0.29, 0.717) is 5.92 Å². The maximum Gasteiger partial charge on any atom is 0.253 e. The van der Waals surface area contributed by atoms with E-state index in [-0.39, 0.29) is 5.91 Å². The van der Waals surface area contributed by atoms with Gasteiger partial charge in [-0.15, -0.1) is 0 Å². The normalized spacial score (nSPS) is 15.3. The van der Waals surface area contributed by atoms with Crippen molar-refractivity contribution in [3.05, 3.63) is 53.9 Å². The number of hydrogen-bond donors (Lipinski definition) is 0. The Bertz CT molecular complexity index is 970. The van der Waals surface area contributed by atoms with Crippen molar-refractivity contribution in [3.8, 4) is 0 Å². The first kappa shape index (κ1) is 17.5. The largest absolute Gasteiger partial charge is 0.378 e. The van der Waals surface area contributed by atoms with Gasteiger partial charge in [0.1, 0.15) is 0 Å². The molecule has 1 fully saturated rings. The lowest BCUT2D eigenvalue weighted by atomic mass is 9.91. The fraction of sp³-hybridized carbons (Fsp3) is 0.381. The molecule has 27 heavy (non-hydrogen) atoms. The van der Waals surface area contributed by atoms with Crippen LogP contribution in [0.4, 0.5) is 5.69 Å². The van der Waals surface area contributed by atoms with Crippen molar-refractivity contribution in [2.45, 2.75) is 18.8 Å². The van der Waals surface area contributed by atoms with Crippen molar-refractivity contribution in [2.75, 3.05) is 32.1 Å². The Kier molecular flexibility index (Phi) is 4.56. The molecule has 1 aliphatic rings. The molecule has 1 saturated heterocycles. The fourth-order valence-corrected chi connectivity index (χ4v) is 3.87. The average molecular weight is 363 g/mol. The van der Waals surface area contributed by atoms with Gasteiger partial charge in [-0.3, -0.25) is 9.48 Å². The number of piperidine rings is 1. The Morgan fingerprint density at radius 1 is 1.15 bits per heavy atom. The lowest BCUT2D eigenvalue weighted by Crippen LogP contribution is -2.38. The van der Waals surface area contributed by atoms with Crippen molar-refractivity contribution in [3.63, 3.8) is 0 Å². The second kappa shape index (κ2) is 7.02. The van der Waals surface area contributed by atoms with E-state index in [9.17, 15) is 4.79 Å². The number of amides is 1. The first-order valence-electron chi connectivity index (χ1n) is 9.39. The van der Waals surface area contributed by atoms with E-state index in [1.807, 2.05) is 66.0 Å². The van der Waals surface area contributed by atoms with Crippen LogP contribution in [0.15, 0.2) is 42.6 Å². The zero-order valence-corrected chi connectivity index (χ0v) is 16.1. The van der Waals surface area contributed by atoms with Gasteiger partial charge >= 0.3 is 0 Å². The summed E-state index contributed by atoms with van der Waals surface area (Å²) in [6.45, 7) is 1.52. The highest BCUT2D eigenvalue weighted by atomic mass is 16.2. The molecule has 0 radical (unpaired) electrons. The number of carbonyl (C=O) groups excluding carboxylic acids is 1. The van der Waals surface area contributed by atoms with Gasteiger partial charge in [-0.05, 0) is 43.2 Å². The predicted octanol–water partition coefficient (Wildman–Crippen LogP) is 3.05. The predicted molar refractivity (Wildman–Crippen MR) is 107 cm³/mol. The second-order valence-corrected chi connectivity index (χ2v) is 7.39. The number of hydrogen-bond acceptors (Lipinski definition) is 4. The van der Waals surface area contributed by atoms with Crippen molar-refractivity contribution < 1.29 is 4.79 Å². The highest BCUT2D eigenvalue weighted by molar-refractivity contribution is 5.95. The van der Waals surface area contributed by atoms with E-state index in [2.05, 4.69) is 11.1 Å². The number of likely N-dealkylation sites (tertiary alicyclic amines) is 1. The van der Waals surface area contributed by atoms with Gasteiger partial charge in [-0.2, -0.15) is 5.10 Å². The number of pyridine rings is 1. The summed E-state index contributed by atoms with van der Waals surface area (Å²) in [5.41, 5.74) is 3.84. The van der Waals surface area contributed by atoms with E-state index in [4.69, 9.17) is 5.10 Å². The van der Waals surface area contributed by atoms with Crippen LogP contribution in [0.25, 0.3) is 11.0 Å². The zero-order valence-electron chi connectivity index (χ0n) is 16.1. The molecule has 0 aliphatic carbocycles. The summed E-state index contributed by atoms with van der Waals surface area (Å²) in [6.07, 6.45) is 3.66. The summed E-state index contributed by atoms with van der Waals surface area (Å²) in [5.74, 6) is 0.486. The summed E-state index contributed by atoms with van der Waals surface area (Å²) in [4.78, 5) is 21.3. The van der Waals surface area contributed by atoms with Crippen LogP contribution in [-0.4, -0.2) is 52.8 Å². The molecule has 0 bridgehead atoms. The van der Waals surface area contributed by atoms with E-state index >= 15 is 0 Å². The lowest BCUT2D eigenvalue weighted by Gasteiger charge is -2.31. The first-order valence-corrected chi connectivity index (χ1v) is 9.39. The number of fused-ring (bicyclic) bond motifs is 1. The molecule has 0 unspecified atom stereocenters. The SMILES string of the molecule is CN(C)c1cccc(C(=O)N2CCC(c3nn(C)c4ncccc34)CC2)c1. The summed E-state index contributed by atoms with van der Waals surface area (Å²) < 4.78 is 1.86. The average Bonchev–Trinajstić information content (AvgIpc) is 3.04. The van der Waals surface area contributed by atoms with E-state index in [0.717, 1.165) is 53.9 Å². The summed E-state index contributed by atoms with van der Waals surface area (Å²) in [6, 6.07) is 11.9. The third-order valence-corrected chi connectivity index (χ3v) is 5.41. The monoisotopic (exact) mass is 363 g/mol. The van der Waals surface area contributed by atoms with Crippen molar-refractivity contribution >= 4 is 22.6 Å². The van der Waals surface area contributed by atoms with Crippen LogP contribution >= 0.6 is 0 Å². The molecule has 140 valence electrons. The van der Waals surface area contributed by atoms with E-state index in [1.165, 1.54) is 0 Å². The molecule has 1 amide bonds. The molecular formula is C21H25N5O. The highest BCUT2D eigenvalue weighted by Crippen LogP contribution is 2.32. The third kappa shape index (κ3) is 3.27. The standard InChI is InChI=1S/C21H25N5O/c1-24(2)17-7-4-6-16(14-17)21(27)26-12-9-15(10-13-26)19-18-8-5-11-22-20(18)25(3)23-19/h4-8,11,14-15H,9-10,12-13H2,1-3H3. The van der Waals surface area contributed by atoms with Gasteiger partial charge in [0.15, 0.2) is 5.65 Å². The molecule has 4 rings (SSSR count). The minimum atomic E-state index is 0.115. The molecule has 0 saturated carbocycles. The number of aromatic nitrogens is 3. The van der Waals surface area contributed by atoms with Gasteiger partial charge in [0.2, 0.25) is 0 Å². The Labute approximate surface area is 159 Å². The Morgan fingerprint density at radius 2 is 1.93 bits per heavy atom. The van der Waals surface area contributed by atoms with Crippen molar-refractivity contribution in [1.29, 1.82) is 0 Å². The Hall–Kier alpha value is -2.89. The van der Waals surface area contributed by atoms with Crippen LogP contribution in [0.1, 0.15) is 34.8 Å².